The van der Waals surface area contributed by atoms with E-state index in [0.29, 0.717) is 5.92 Å². The second kappa shape index (κ2) is 5.75. The van der Waals surface area contributed by atoms with E-state index >= 15 is 0 Å². The normalized spacial score (nSPS) is 13.2. The molecule has 2 rings (SSSR count). The Bertz CT molecular complexity index is 526. The third kappa shape index (κ3) is 2.40. The zero-order chi connectivity index (χ0) is 13.1. The SMILES string of the molecule is CCC(CC)C(Cl)c1c(C)ccc2ccccc12. The van der Waals surface area contributed by atoms with Crippen LogP contribution in [0.3, 0.4) is 0 Å². The fourth-order valence-corrected chi connectivity index (χ4v) is 3.35. The van der Waals surface area contributed by atoms with E-state index in [-0.39, 0.29) is 5.38 Å². The van der Waals surface area contributed by atoms with Gasteiger partial charge in [0.15, 0.2) is 0 Å². The molecule has 1 atom stereocenters. The molecule has 0 saturated heterocycles. The second-order valence-corrected chi connectivity index (χ2v) is 5.47. The van der Waals surface area contributed by atoms with Crippen LogP contribution in [0.4, 0.5) is 0 Å². The molecule has 0 aromatic heterocycles. The minimum Gasteiger partial charge on any atom is -0.117 e. The summed E-state index contributed by atoms with van der Waals surface area (Å²) in [6.45, 7) is 6.62. The Labute approximate surface area is 115 Å². The fourth-order valence-electron chi connectivity index (χ4n) is 2.71. The minimum atomic E-state index is 0.117. The van der Waals surface area contributed by atoms with Gasteiger partial charge in [-0.1, -0.05) is 63.1 Å². The van der Waals surface area contributed by atoms with Gasteiger partial charge in [-0.3, -0.25) is 0 Å². The van der Waals surface area contributed by atoms with Crippen molar-refractivity contribution in [2.24, 2.45) is 5.92 Å². The first kappa shape index (κ1) is 13.4. The number of halogens is 1. The maximum atomic E-state index is 6.76. The van der Waals surface area contributed by atoms with E-state index in [4.69, 9.17) is 11.6 Å². The Hall–Kier alpha value is -1.01. The second-order valence-electron chi connectivity index (χ2n) is 5.00. The lowest BCUT2D eigenvalue weighted by atomic mass is 9.88. The number of fused-ring (bicyclic) bond motifs is 1. The Morgan fingerprint density at radius 2 is 1.67 bits per heavy atom. The number of hydrogen-bond acceptors (Lipinski definition) is 0. The van der Waals surface area contributed by atoms with E-state index in [1.165, 1.54) is 21.9 Å². The van der Waals surface area contributed by atoms with Crippen LogP contribution in [0.25, 0.3) is 10.8 Å². The van der Waals surface area contributed by atoms with E-state index in [1.54, 1.807) is 0 Å². The van der Waals surface area contributed by atoms with Crippen molar-refractivity contribution < 1.29 is 0 Å². The van der Waals surface area contributed by atoms with Crippen molar-refractivity contribution >= 4 is 22.4 Å². The molecule has 96 valence electrons. The molecule has 0 N–H and O–H groups in total. The first-order chi connectivity index (χ1) is 8.69. The predicted octanol–water partition coefficient (Wildman–Crippen LogP) is 5.86. The number of benzene rings is 2. The largest absolute Gasteiger partial charge is 0.117 e. The summed E-state index contributed by atoms with van der Waals surface area (Å²) in [7, 11) is 0. The molecule has 2 aromatic carbocycles. The van der Waals surface area contributed by atoms with Crippen molar-refractivity contribution in [1.29, 1.82) is 0 Å². The van der Waals surface area contributed by atoms with Gasteiger partial charge >= 0.3 is 0 Å². The van der Waals surface area contributed by atoms with Gasteiger partial charge in [-0.25, -0.2) is 0 Å². The first-order valence-electron chi connectivity index (χ1n) is 6.81. The van der Waals surface area contributed by atoms with Crippen LogP contribution in [0.1, 0.15) is 43.2 Å². The number of aryl methyl sites for hydroxylation is 1. The van der Waals surface area contributed by atoms with Crippen LogP contribution in [0.5, 0.6) is 0 Å². The van der Waals surface area contributed by atoms with Gasteiger partial charge in [0.25, 0.3) is 0 Å². The highest BCUT2D eigenvalue weighted by Gasteiger charge is 2.21. The maximum absolute atomic E-state index is 6.76. The molecule has 0 aliphatic carbocycles. The Morgan fingerprint density at radius 3 is 2.33 bits per heavy atom. The number of alkyl halides is 1. The van der Waals surface area contributed by atoms with Gasteiger partial charge in [0, 0.05) is 0 Å². The highest BCUT2D eigenvalue weighted by molar-refractivity contribution is 6.22. The third-order valence-corrected chi connectivity index (χ3v) is 4.50. The van der Waals surface area contributed by atoms with Crippen LogP contribution in [0.2, 0.25) is 0 Å². The monoisotopic (exact) mass is 260 g/mol. The zero-order valence-electron chi connectivity index (χ0n) is 11.4. The molecule has 1 unspecified atom stereocenters. The predicted molar refractivity (Wildman–Crippen MR) is 81.4 cm³/mol. The van der Waals surface area contributed by atoms with Crippen LogP contribution >= 0.6 is 11.6 Å². The van der Waals surface area contributed by atoms with Gasteiger partial charge in [0.1, 0.15) is 0 Å². The molecule has 18 heavy (non-hydrogen) atoms. The van der Waals surface area contributed by atoms with Crippen LogP contribution < -0.4 is 0 Å². The number of hydrogen-bond donors (Lipinski definition) is 0. The molecule has 0 bridgehead atoms. The highest BCUT2D eigenvalue weighted by Crippen LogP contribution is 2.38. The summed E-state index contributed by atoms with van der Waals surface area (Å²) in [5, 5.41) is 2.71. The quantitative estimate of drug-likeness (QED) is 0.604. The van der Waals surface area contributed by atoms with E-state index in [9.17, 15) is 0 Å². The summed E-state index contributed by atoms with van der Waals surface area (Å²) in [5.41, 5.74) is 2.63. The lowest BCUT2D eigenvalue weighted by Crippen LogP contribution is -2.08. The van der Waals surface area contributed by atoms with Gasteiger partial charge in [-0.05, 0) is 34.7 Å². The van der Waals surface area contributed by atoms with E-state index < -0.39 is 0 Å². The van der Waals surface area contributed by atoms with Crippen molar-refractivity contribution in [3.8, 4) is 0 Å². The zero-order valence-corrected chi connectivity index (χ0v) is 12.2. The lowest BCUT2D eigenvalue weighted by Gasteiger charge is -2.23. The summed E-state index contributed by atoms with van der Waals surface area (Å²) in [6, 6.07) is 12.9. The molecular formula is C17H21Cl. The van der Waals surface area contributed by atoms with E-state index in [0.717, 1.165) is 12.8 Å². The highest BCUT2D eigenvalue weighted by atomic mass is 35.5. The lowest BCUT2D eigenvalue weighted by molar-refractivity contribution is 0.476. The molecule has 0 fully saturated rings. The van der Waals surface area contributed by atoms with Crippen LogP contribution in [0.15, 0.2) is 36.4 Å². The molecule has 0 aliphatic heterocycles. The van der Waals surface area contributed by atoms with Gasteiger partial charge in [-0.2, -0.15) is 0 Å². The molecule has 0 aliphatic rings. The van der Waals surface area contributed by atoms with Crippen LogP contribution in [-0.2, 0) is 0 Å². The molecule has 0 spiro atoms. The van der Waals surface area contributed by atoms with E-state index in [2.05, 4.69) is 57.2 Å². The Balaban J connectivity index is 2.58. The molecule has 0 saturated carbocycles. The summed E-state index contributed by atoms with van der Waals surface area (Å²) in [6.07, 6.45) is 2.26. The Kier molecular flexibility index (Phi) is 4.29. The average molecular weight is 261 g/mol. The van der Waals surface area contributed by atoms with Crippen molar-refractivity contribution in [1.82, 2.24) is 0 Å². The summed E-state index contributed by atoms with van der Waals surface area (Å²) >= 11 is 6.76. The standard InChI is InChI=1S/C17H21Cl/c1-4-13(5-2)17(18)16-12(3)10-11-14-8-6-7-9-15(14)16/h6-11,13,17H,4-5H2,1-3H3. The molecule has 0 heterocycles. The molecule has 0 nitrogen and oxygen atoms in total. The Morgan fingerprint density at radius 1 is 1.00 bits per heavy atom. The average Bonchev–Trinajstić information content (AvgIpc) is 2.39. The summed E-state index contributed by atoms with van der Waals surface area (Å²) < 4.78 is 0. The van der Waals surface area contributed by atoms with Crippen LogP contribution in [0, 0.1) is 12.8 Å². The summed E-state index contributed by atoms with van der Waals surface area (Å²) in [5.74, 6) is 0.552. The van der Waals surface area contributed by atoms with Gasteiger partial charge in [-0.15, -0.1) is 11.6 Å². The molecule has 1 heteroatoms. The number of rotatable bonds is 4. The maximum Gasteiger partial charge on any atom is 0.0621 e. The van der Waals surface area contributed by atoms with Crippen molar-refractivity contribution in [3.63, 3.8) is 0 Å². The van der Waals surface area contributed by atoms with Gasteiger partial charge in [0.2, 0.25) is 0 Å². The van der Waals surface area contributed by atoms with Crippen molar-refractivity contribution in [3.05, 3.63) is 47.5 Å². The van der Waals surface area contributed by atoms with Crippen molar-refractivity contribution in [2.75, 3.05) is 0 Å². The molecule has 2 aromatic rings. The topological polar surface area (TPSA) is 0 Å². The summed E-state index contributed by atoms with van der Waals surface area (Å²) in [4.78, 5) is 0. The molecular weight excluding hydrogens is 240 g/mol. The smallest absolute Gasteiger partial charge is 0.0621 e. The third-order valence-electron chi connectivity index (χ3n) is 3.93. The van der Waals surface area contributed by atoms with Gasteiger partial charge in [0.05, 0.1) is 5.38 Å². The van der Waals surface area contributed by atoms with Crippen molar-refractivity contribution in [2.45, 2.75) is 39.0 Å². The first-order valence-corrected chi connectivity index (χ1v) is 7.25. The molecule has 0 amide bonds. The van der Waals surface area contributed by atoms with Gasteiger partial charge < -0.3 is 0 Å². The minimum absolute atomic E-state index is 0.117. The van der Waals surface area contributed by atoms with Crippen LogP contribution in [-0.4, -0.2) is 0 Å². The van der Waals surface area contributed by atoms with E-state index in [1.807, 2.05) is 0 Å². The fraction of sp³-hybridized carbons (Fsp3) is 0.412. The molecule has 0 radical (unpaired) electrons.